The number of rotatable bonds is 4. The number of fused-ring (bicyclic) bond motifs is 1. The lowest BCUT2D eigenvalue weighted by atomic mass is 9.97. The van der Waals surface area contributed by atoms with E-state index >= 15 is 0 Å². The van der Waals surface area contributed by atoms with Gasteiger partial charge in [-0.15, -0.1) is 10.2 Å². The maximum atomic E-state index is 12.7. The lowest BCUT2D eigenvalue weighted by Gasteiger charge is -2.31. The molecule has 0 saturated carbocycles. The number of hydrogen-bond donors (Lipinski definition) is 1. The van der Waals surface area contributed by atoms with Crippen molar-refractivity contribution in [3.8, 4) is 0 Å². The number of nitrogens with one attached hydrogen (secondary N) is 1. The summed E-state index contributed by atoms with van der Waals surface area (Å²) < 4.78 is 5.47. The molecule has 0 aliphatic carbocycles. The third kappa shape index (κ3) is 5.50. The molecule has 2 aromatic carbocycles. The van der Waals surface area contributed by atoms with Crippen LogP contribution in [0.4, 0.5) is 9.93 Å². The molecule has 0 unspecified atom stereocenters. The van der Waals surface area contributed by atoms with Crippen LogP contribution in [0.5, 0.6) is 0 Å². The highest BCUT2D eigenvalue weighted by Crippen LogP contribution is 2.24. The lowest BCUT2D eigenvalue weighted by molar-refractivity contribution is 0.0224. The second-order valence-electron chi connectivity index (χ2n) is 8.75. The zero-order valence-corrected chi connectivity index (χ0v) is 19.2. The van der Waals surface area contributed by atoms with Gasteiger partial charge < -0.3 is 9.64 Å². The highest BCUT2D eigenvalue weighted by molar-refractivity contribution is 7.15. The molecule has 1 N–H and O–H groups in total. The molecule has 0 atom stereocenters. The molecule has 4 rings (SSSR count). The molecule has 2 amide bonds. The Kier molecular flexibility index (Phi) is 6.23. The average Bonchev–Trinajstić information content (AvgIpc) is 3.19. The molecule has 7 nitrogen and oxygen atoms in total. The summed E-state index contributed by atoms with van der Waals surface area (Å²) in [7, 11) is 0. The first-order chi connectivity index (χ1) is 15.3. The number of benzene rings is 2. The van der Waals surface area contributed by atoms with Crippen LogP contribution in [-0.2, 0) is 24.1 Å². The van der Waals surface area contributed by atoms with Crippen LogP contribution in [-0.4, -0.2) is 39.2 Å². The fraction of sp³-hybridized carbons (Fsp3) is 0.333. The van der Waals surface area contributed by atoms with Gasteiger partial charge in [0.1, 0.15) is 10.6 Å². The monoisotopic (exact) mass is 450 g/mol. The van der Waals surface area contributed by atoms with Gasteiger partial charge in [-0.3, -0.25) is 10.1 Å². The van der Waals surface area contributed by atoms with E-state index < -0.39 is 5.60 Å². The topological polar surface area (TPSA) is 84.4 Å². The van der Waals surface area contributed by atoms with Crippen molar-refractivity contribution in [1.29, 1.82) is 0 Å². The highest BCUT2D eigenvalue weighted by Gasteiger charge is 2.26. The summed E-state index contributed by atoms with van der Waals surface area (Å²) in [6.45, 7) is 6.61. The van der Waals surface area contributed by atoms with E-state index in [1.165, 1.54) is 11.3 Å². The molecule has 2 heterocycles. The van der Waals surface area contributed by atoms with Crippen molar-refractivity contribution in [2.24, 2.45) is 0 Å². The van der Waals surface area contributed by atoms with Crippen LogP contribution < -0.4 is 5.32 Å². The SMILES string of the molecule is CC(C)(C)OC(=O)N1CCc2cc(C(=O)Nc3nnc(Cc4ccccc4)s3)ccc2C1. The number of carbonyl (C=O) groups is 2. The van der Waals surface area contributed by atoms with Gasteiger partial charge in [-0.05, 0) is 56.0 Å². The van der Waals surface area contributed by atoms with Gasteiger partial charge >= 0.3 is 6.09 Å². The second kappa shape index (κ2) is 9.08. The van der Waals surface area contributed by atoms with Crippen LogP contribution in [0.15, 0.2) is 48.5 Å². The molecule has 8 heteroatoms. The normalized spacial score (nSPS) is 13.4. The number of ether oxygens (including phenoxy) is 1. The smallest absolute Gasteiger partial charge is 0.410 e. The molecule has 0 saturated heterocycles. The van der Waals surface area contributed by atoms with Crippen LogP contribution in [0.2, 0.25) is 0 Å². The van der Waals surface area contributed by atoms with E-state index in [2.05, 4.69) is 15.5 Å². The number of anilines is 1. The van der Waals surface area contributed by atoms with E-state index in [1.807, 2.05) is 63.2 Å². The molecule has 0 radical (unpaired) electrons. The summed E-state index contributed by atoms with van der Waals surface area (Å²) in [4.78, 5) is 26.8. The molecule has 0 bridgehead atoms. The summed E-state index contributed by atoms with van der Waals surface area (Å²) in [6, 6.07) is 15.6. The first kappa shape index (κ1) is 22.0. The summed E-state index contributed by atoms with van der Waals surface area (Å²) in [5, 5.41) is 12.5. The maximum absolute atomic E-state index is 12.7. The predicted molar refractivity (Wildman–Crippen MR) is 124 cm³/mol. The Morgan fingerprint density at radius 3 is 2.62 bits per heavy atom. The Hall–Kier alpha value is -3.26. The van der Waals surface area contributed by atoms with E-state index in [0.717, 1.165) is 21.7 Å². The van der Waals surface area contributed by atoms with Crippen LogP contribution in [0.25, 0.3) is 0 Å². The van der Waals surface area contributed by atoms with Gasteiger partial charge in [0.15, 0.2) is 0 Å². The van der Waals surface area contributed by atoms with Crippen molar-refractivity contribution in [2.45, 2.75) is 45.8 Å². The van der Waals surface area contributed by atoms with E-state index in [0.29, 0.717) is 36.6 Å². The Bertz CT molecular complexity index is 1120. The number of nitrogens with zero attached hydrogens (tertiary/aromatic N) is 3. The van der Waals surface area contributed by atoms with E-state index in [-0.39, 0.29) is 12.0 Å². The van der Waals surface area contributed by atoms with Crippen molar-refractivity contribution in [3.05, 3.63) is 75.8 Å². The first-order valence-electron chi connectivity index (χ1n) is 10.5. The molecule has 1 aliphatic heterocycles. The minimum atomic E-state index is -0.523. The number of hydrogen-bond acceptors (Lipinski definition) is 6. The maximum Gasteiger partial charge on any atom is 0.410 e. The summed E-state index contributed by atoms with van der Waals surface area (Å²) in [5.41, 5.74) is 3.29. The van der Waals surface area contributed by atoms with Crippen LogP contribution in [0.3, 0.4) is 0 Å². The molecule has 166 valence electrons. The molecule has 0 fully saturated rings. The van der Waals surface area contributed by atoms with Crippen molar-refractivity contribution in [2.75, 3.05) is 11.9 Å². The molecular weight excluding hydrogens is 424 g/mol. The van der Waals surface area contributed by atoms with Gasteiger partial charge in [0.05, 0.1) is 0 Å². The Morgan fingerprint density at radius 2 is 1.88 bits per heavy atom. The van der Waals surface area contributed by atoms with Crippen molar-refractivity contribution < 1.29 is 14.3 Å². The summed E-state index contributed by atoms with van der Waals surface area (Å²) in [5.74, 6) is -0.218. The molecular formula is C24H26N4O3S. The van der Waals surface area contributed by atoms with Crippen molar-refractivity contribution in [3.63, 3.8) is 0 Å². The second-order valence-corrected chi connectivity index (χ2v) is 9.81. The van der Waals surface area contributed by atoms with Crippen LogP contribution in [0.1, 0.15) is 52.8 Å². The summed E-state index contributed by atoms with van der Waals surface area (Å²) >= 11 is 1.38. The van der Waals surface area contributed by atoms with Gasteiger partial charge in [-0.1, -0.05) is 47.7 Å². The fourth-order valence-corrected chi connectivity index (χ4v) is 4.26. The zero-order chi connectivity index (χ0) is 22.7. The Morgan fingerprint density at radius 1 is 1.09 bits per heavy atom. The third-order valence-electron chi connectivity index (χ3n) is 5.02. The number of amides is 2. The van der Waals surface area contributed by atoms with Gasteiger partial charge in [-0.25, -0.2) is 4.79 Å². The number of aromatic nitrogens is 2. The minimum Gasteiger partial charge on any atom is -0.444 e. The predicted octanol–water partition coefficient (Wildman–Crippen LogP) is 4.67. The molecule has 3 aromatic rings. The van der Waals surface area contributed by atoms with E-state index in [1.54, 1.807) is 11.0 Å². The standard InChI is InChI=1S/C24H26N4O3S/c1-24(2,3)31-23(30)28-12-11-17-14-18(9-10-19(17)15-28)21(29)25-22-27-26-20(32-22)13-16-7-5-4-6-8-16/h4-10,14H,11-13,15H2,1-3H3,(H,25,27,29). The Balaban J connectivity index is 1.38. The van der Waals surface area contributed by atoms with Crippen LogP contribution >= 0.6 is 11.3 Å². The Labute approximate surface area is 191 Å². The largest absolute Gasteiger partial charge is 0.444 e. The zero-order valence-electron chi connectivity index (χ0n) is 18.4. The van der Waals surface area contributed by atoms with Gasteiger partial charge in [0.25, 0.3) is 5.91 Å². The molecule has 1 aliphatic rings. The van der Waals surface area contributed by atoms with Crippen LogP contribution in [0, 0.1) is 0 Å². The quantitative estimate of drug-likeness (QED) is 0.624. The van der Waals surface area contributed by atoms with Gasteiger partial charge in [0, 0.05) is 25.1 Å². The first-order valence-corrected chi connectivity index (χ1v) is 11.4. The summed E-state index contributed by atoms with van der Waals surface area (Å²) in [6.07, 6.45) is 1.05. The molecule has 32 heavy (non-hydrogen) atoms. The van der Waals surface area contributed by atoms with E-state index in [9.17, 15) is 9.59 Å². The van der Waals surface area contributed by atoms with Gasteiger partial charge in [0.2, 0.25) is 5.13 Å². The highest BCUT2D eigenvalue weighted by atomic mass is 32.1. The van der Waals surface area contributed by atoms with Crippen molar-refractivity contribution in [1.82, 2.24) is 15.1 Å². The fourth-order valence-electron chi connectivity index (χ4n) is 3.49. The van der Waals surface area contributed by atoms with E-state index in [4.69, 9.17) is 4.74 Å². The van der Waals surface area contributed by atoms with Gasteiger partial charge in [-0.2, -0.15) is 0 Å². The number of carbonyl (C=O) groups excluding carboxylic acids is 2. The molecule has 0 spiro atoms. The average molecular weight is 451 g/mol. The molecule has 1 aromatic heterocycles. The third-order valence-corrected chi connectivity index (χ3v) is 5.86. The van der Waals surface area contributed by atoms with Crippen molar-refractivity contribution >= 4 is 28.5 Å². The lowest BCUT2D eigenvalue weighted by Crippen LogP contribution is -2.39. The minimum absolute atomic E-state index is 0.218.